The smallest absolute Gasteiger partial charge is 0.303 e. The third kappa shape index (κ3) is 4.36. The van der Waals surface area contributed by atoms with Crippen LogP contribution in [0.25, 0.3) is 0 Å². The summed E-state index contributed by atoms with van der Waals surface area (Å²) < 4.78 is 1.84. The molecule has 20 heavy (non-hydrogen) atoms. The summed E-state index contributed by atoms with van der Waals surface area (Å²) in [6, 6.07) is 7.87. The second-order valence-corrected chi connectivity index (χ2v) is 4.40. The minimum Gasteiger partial charge on any atom is -0.481 e. The van der Waals surface area contributed by atoms with Crippen LogP contribution in [0.3, 0.4) is 0 Å². The van der Waals surface area contributed by atoms with Gasteiger partial charge < -0.3 is 10.8 Å². The fourth-order valence-corrected chi connectivity index (χ4v) is 2.03. The predicted octanol–water partition coefficient (Wildman–Crippen LogP) is 1.83. The van der Waals surface area contributed by atoms with Gasteiger partial charge in [-0.2, -0.15) is 5.10 Å². The SMILES string of the molecule is Cl.NCc1cc(Cn2cccn2)ccc1CCC(=O)O. The zero-order valence-electron chi connectivity index (χ0n) is 11.0. The Hall–Kier alpha value is -1.85. The largest absolute Gasteiger partial charge is 0.481 e. The van der Waals surface area contributed by atoms with E-state index in [2.05, 4.69) is 5.10 Å². The zero-order valence-corrected chi connectivity index (χ0v) is 11.8. The lowest BCUT2D eigenvalue weighted by atomic mass is 10.00. The molecule has 0 aliphatic rings. The summed E-state index contributed by atoms with van der Waals surface area (Å²) in [7, 11) is 0. The first-order valence-corrected chi connectivity index (χ1v) is 6.19. The number of carboxylic acid groups (broad SMARTS) is 1. The standard InChI is InChI=1S/C14H17N3O2.ClH/c15-9-13-8-11(10-17-7-1-6-16-17)2-3-12(13)4-5-14(18)19;/h1-3,6-8H,4-5,9-10,15H2,(H,18,19);1H. The van der Waals surface area contributed by atoms with Crippen LogP contribution in [0.15, 0.2) is 36.7 Å². The maximum Gasteiger partial charge on any atom is 0.303 e. The Morgan fingerprint density at radius 3 is 2.75 bits per heavy atom. The summed E-state index contributed by atoms with van der Waals surface area (Å²) in [6.45, 7) is 1.11. The van der Waals surface area contributed by atoms with Crippen LogP contribution in [-0.2, 0) is 24.3 Å². The molecule has 0 saturated heterocycles. The Kier molecular flexibility index (Phi) is 6.21. The minimum atomic E-state index is -0.788. The lowest BCUT2D eigenvalue weighted by Crippen LogP contribution is -2.07. The van der Waals surface area contributed by atoms with Crippen molar-refractivity contribution in [3.8, 4) is 0 Å². The van der Waals surface area contributed by atoms with Gasteiger partial charge in [0.1, 0.15) is 0 Å². The molecule has 2 aromatic rings. The van der Waals surface area contributed by atoms with E-state index in [1.807, 2.05) is 35.1 Å². The van der Waals surface area contributed by atoms with Gasteiger partial charge in [-0.25, -0.2) is 0 Å². The number of carboxylic acids is 1. The van der Waals surface area contributed by atoms with Gasteiger partial charge in [-0.15, -0.1) is 12.4 Å². The fourth-order valence-electron chi connectivity index (χ4n) is 2.03. The highest BCUT2D eigenvalue weighted by molar-refractivity contribution is 5.85. The molecule has 6 heteroatoms. The van der Waals surface area contributed by atoms with Crippen molar-refractivity contribution in [2.45, 2.75) is 25.9 Å². The van der Waals surface area contributed by atoms with Gasteiger partial charge in [0.15, 0.2) is 0 Å². The van der Waals surface area contributed by atoms with Crippen molar-refractivity contribution in [3.63, 3.8) is 0 Å². The van der Waals surface area contributed by atoms with E-state index in [1.165, 1.54) is 0 Å². The monoisotopic (exact) mass is 295 g/mol. The Balaban J connectivity index is 0.00000200. The number of aryl methyl sites for hydroxylation is 1. The van der Waals surface area contributed by atoms with Crippen molar-refractivity contribution in [2.24, 2.45) is 5.73 Å². The van der Waals surface area contributed by atoms with Gasteiger partial charge in [-0.1, -0.05) is 18.2 Å². The van der Waals surface area contributed by atoms with Gasteiger partial charge in [0, 0.05) is 25.4 Å². The molecule has 0 fully saturated rings. The summed E-state index contributed by atoms with van der Waals surface area (Å²) in [6.07, 6.45) is 4.29. The molecule has 0 atom stereocenters. The summed E-state index contributed by atoms with van der Waals surface area (Å²) in [4.78, 5) is 10.6. The lowest BCUT2D eigenvalue weighted by molar-refractivity contribution is -0.136. The van der Waals surface area contributed by atoms with E-state index in [-0.39, 0.29) is 18.8 Å². The summed E-state index contributed by atoms with van der Waals surface area (Å²) in [5.41, 5.74) is 8.86. The van der Waals surface area contributed by atoms with E-state index in [0.717, 1.165) is 16.7 Å². The lowest BCUT2D eigenvalue weighted by Gasteiger charge is -2.10. The third-order valence-corrected chi connectivity index (χ3v) is 3.00. The molecule has 0 unspecified atom stereocenters. The van der Waals surface area contributed by atoms with Gasteiger partial charge >= 0.3 is 5.97 Å². The van der Waals surface area contributed by atoms with Crippen LogP contribution in [0.1, 0.15) is 23.1 Å². The summed E-state index contributed by atoms with van der Waals surface area (Å²) in [5, 5.41) is 12.9. The highest BCUT2D eigenvalue weighted by Gasteiger charge is 2.06. The third-order valence-electron chi connectivity index (χ3n) is 3.00. The molecule has 1 heterocycles. The van der Waals surface area contributed by atoms with Crippen molar-refractivity contribution >= 4 is 18.4 Å². The van der Waals surface area contributed by atoms with Crippen LogP contribution >= 0.6 is 12.4 Å². The topological polar surface area (TPSA) is 81.1 Å². The second kappa shape index (κ2) is 7.67. The van der Waals surface area contributed by atoms with Crippen molar-refractivity contribution in [2.75, 3.05) is 0 Å². The molecule has 0 saturated carbocycles. The summed E-state index contributed by atoms with van der Waals surface area (Å²) in [5.74, 6) is -0.788. The molecule has 2 rings (SSSR count). The molecule has 3 N–H and O–H groups in total. The number of aromatic nitrogens is 2. The first-order chi connectivity index (χ1) is 9.19. The van der Waals surface area contributed by atoms with Crippen molar-refractivity contribution in [1.29, 1.82) is 0 Å². The summed E-state index contributed by atoms with van der Waals surface area (Å²) >= 11 is 0. The molecular weight excluding hydrogens is 278 g/mol. The zero-order chi connectivity index (χ0) is 13.7. The number of hydrogen-bond acceptors (Lipinski definition) is 3. The number of halogens is 1. The van der Waals surface area contributed by atoms with E-state index in [0.29, 0.717) is 19.5 Å². The van der Waals surface area contributed by atoms with Crippen molar-refractivity contribution in [3.05, 3.63) is 53.3 Å². The Bertz CT molecular complexity index is 556. The molecule has 0 radical (unpaired) electrons. The molecular formula is C14H18ClN3O2. The average Bonchev–Trinajstić information content (AvgIpc) is 2.89. The Labute approximate surface area is 123 Å². The van der Waals surface area contributed by atoms with E-state index < -0.39 is 5.97 Å². The normalized spacial score (nSPS) is 10.1. The molecule has 0 spiro atoms. The van der Waals surface area contributed by atoms with Crippen LogP contribution in [0.5, 0.6) is 0 Å². The second-order valence-electron chi connectivity index (χ2n) is 4.40. The number of nitrogens with zero attached hydrogens (tertiary/aromatic N) is 2. The maximum absolute atomic E-state index is 10.6. The van der Waals surface area contributed by atoms with Gasteiger partial charge in [-0.3, -0.25) is 9.48 Å². The van der Waals surface area contributed by atoms with Gasteiger partial charge in [0.25, 0.3) is 0 Å². The highest BCUT2D eigenvalue weighted by Crippen LogP contribution is 2.14. The van der Waals surface area contributed by atoms with Crippen molar-refractivity contribution < 1.29 is 9.90 Å². The first kappa shape index (κ1) is 16.2. The van der Waals surface area contributed by atoms with Crippen LogP contribution in [0, 0.1) is 0 Å². The van der Waals surface area contributed by atoms with Gasteiger partial charge in [0.05, 0.1) is 6.54 Å². The quantitative estimate of drug-likeness (QED) is 0.852. The van der Waals surface area contributed by atoms with E-state index in [1.54, 1.807) is 6.20 Å². The number of aliphatic carboxylic acids is 1. The number of nitrogens with two attached hydrogens (primary N) is 1. The Morgan fingerprint density at radius 2 is 2.15 bits per heavy atom. The maximum atomic E-state index is 10.6. The van der Waals surface area contributed by atoms with Gasteiger partial charge in [0.2, 0.25) is 0 Å². The molecule has 1 aromatic heterocycles. The van der Waals surface area contributed by atoms with Gasteiger partial charge in [-0.05, 0) is 29.2 Å². The number of hydrogen-bond donors (Lipinski definition) is 2. The first-order valence-electron chi connectivity index (χ1n) is 6.19. The molecule has 0 aliphatic carbocycles. The number of rotatable bonds is 6. The van der Waals surface area contributed by atoms with Crippen LogP contribution in [-0.4, -0.2) is 20.9 Å². The average molecular weight is 296 g/mol. The van der Waals surface area contributed by atoms with Crippen LogP contribution in [0.4, 0.5) is 0 Å². The highest BCUT2D eigenvalue weighted by atomic mass is 35.5. The molecule has 108 valence electrons. The minimum absolute atomic E-state index is 0. The molecule has 5 nitrogen and oxygen atoms in total. The Morgan fingerprint density at radius 1 is 1.35 bits per heavy atom. The van der Waals surface area contributed by atoms with Crippen molar-refractivity contribution in [1.82, 2.24) is 9.78 Å². The number of carbonyl (C=O) groups is 1. The fraction of sp³-hybridized carbons (Fsp3) is 0.286. The molecule has 0 amide bonds. The van der Waals surface area contributed by atoms with E-state index in [9.17, 15) is 4.79 Å². The van der Waals surface area contributed by atoms with E-state index in [4.69, 9.17) is 10.8 Å². The molecule has 1 aromatic carbocycles. The van der Waals surface area contributed by atoms with Crippen LogP contribution < -0.4 is 5.73 Å². The predicted molar refractivity (Wildman–Crippen MR) is 78.9 cm³/mol. The number of benzene rings is 1. The molecule has 0 bridgehead atoms. The van der Waals surface area contributed by atoms with E-state index >= 15 is 0 Å². The molecule has 0 aliphatic heterocycles. The van der Waals surface area contributed by atoms with Crippen LogP contribution in [0.2, 0.25) is 0 Å².